The molecule has 5 nitrogen and oxygen atoms in total. The Morgan fingerprint density at radius 2 is 1.55 bits per heavy atom. The Morgan fingerprint density at radius 3 is 2.14 bits per heavy atom. The van der Waals surface area contributed by atoms with E-state index < -0.39 is 5.97 Å². The number of oxime groups is 1. The summed E-state index contributed by atoms with van der Waals surface area (Å²) in [5.41, 5.74) is 0.918. The predicted octanol–water partition coefficient (Wildman–Crippen LogP) is 3.11. The maximum Gasteiger partial charge on any atom is 0.365 e. The third-order valence-corrected chi connectivity index (χ3v) is 2.96. The Morgan fingerprint density at radius 1 is 0.909 bits per heavy atom. The van der Waals surface area contributed by atoms with Gasteiger partial charge in [0.05, 0.1) is 12.7 Å². The van der Waals surface area contributed by atoms with E-state index in [1.165, 1.54) is 14.0 Å². The van der Waals surface area contributed by atoms with Crippen LogP contribution in [0.5, 0.6) is 5.75 Å². The van der Waals surface area contributed by atoms with Gasteiger partial charge in [0.2, 0.25) is 5.78 Å². The van der Waals surface area contributed by atoms with Gasteiger partial charge in [0.25, 0.3) is 0 Å². The molecule has 2 aromatic carbocycles. The molecule has 0 unspecified atom stereocenters. The molecule has 0 saturated heterocycles. The van der Waals surface area contributed by atoms with E-state index in [-0.39, 0.29) is 11.5 Å². The lowest BCUT2D eigenvalue weighted by atomic mass is 10.1. The first-order valence-corrected chi connectivity index (χ1v) is 6.61. The van der Waals surface area contributed by atoms with Crippen LogP contribution in [-0.2, 0) is 4.84 Å². The van der Waals surface area contributed by atoms with E-state index in [1.807, 2.05) is 6.07 Å². The van der Waals surface area contributed by atoms with Crippen LogP contribution in [0.3, 0.4) is 0 Å². The smallest absolute Gasteiger partial charge is 0.365 e. The average molecular weight is 297 g/mol. The van der Waals surface area contributed by atoms with Gasteiger partial charge in [0.1, 0.15) is 11.5 Å². The first-order valence-electron chi connectivity index (χ1n) is 6.61. The molecule has 2 rings (SSSR count). The monoisotopic (exact) mass is 297 g/mol. The SMILES string of the molecule is COc1ccc(C(=O)O/N=C(\C)C(=O)c2ccccc2)cc1. The van der Waals surface area contributed by atoms with Crippen LogP contribution in [0.15, 0.2) is 59.8 Å². The standard InChI is InChI=1S/C17H15NO4/c1-12(16(19)13-6-4-3-5-7-13)18-22-17(20)14-8-10-15(21-2)11-9-14/h3-11H,1-2H3/b18-12+. The molecule has 0 aliphatic carbocycles. The highest BCUT2D eigenvalue weighted by molar-refractivity contribution is 6.45. The maximum atomic E-state index is 12.0. The minimum atomic E-state index is -0.636. The number of ketones is 1. The van der Waals surface area contributed by atoms with E-state index in [4.69, 9.17) is 9.57 Å². The summed E-state index contributed by atoms with van der Waals surface area (Å²) in [7, 11) is 1.54. The molecule has 0 aliphatic rings. The number of hydrogen-bond acceptors (Lipinski definition) is 5. The Balaban J connectivity index is 2.03. The van der Waals surface area contributed by atoms with Gasteiger partial charge in [-0.05, 0) is 31.2 Å². The van der Waals surface area contributed by atoms with Crippen molar-refractivity contribution in [1.82, 2.24) is 0 Å². The molecule has 0 atom stereocenters. The first kappa shape index (κ1) is 15.4. The highest BCUT2D eigenvalue weighted by atomic mass is 16.7. The molecule has 0 fully saturated rings. The molecule has 0 radical (unpaired) electrons. The number of carbonyl (C=O) groups excluding carboxylic acids is 2. The zero-order valence-corrected chi connectivity index (χ0v) is 12.3. The predicted molar refractivity (Wildman–Crippen MR) is 82.3 cm³/mol. The normalized spacial score (nSPS) is 10.9. The van der Waals surface area contributed by atoms with Crippen molar-refractivity contribution < 1.29 is 19.2 Å². The van der Waals surface area contributed by atoms with Crippen LogP contribution in [0.25, 0.3) is 0 Å². The van der Waals surface area contributed by atoms with Crippen molar-refractivity contribution in [3.63, 3.8) is 0 Å². The first-order chi connectivity index (χ1) is 10.6. The van der Waals surface area contributed by atoms with Gasteiger partial charge in [-0.1, -0.05) is 35.5 Å². The summed E-state index contributed by atoms with van der Waals surface area (Å²) in [6.45, 7) is 1.50. The zero-order valence-electron chi connectivity index (χ0n) is 12.3. The van der Waals surface area contributed by atoms with Crippen molar-refractivity contribution in [3.05, 3.63) is 65.7 Å². The molecule has 0 spiro atoms. The lowest BCUT2D eigenvalue weighted by Gasteiger charge is -2.02. The number of carbonyl (C=O) groups is 2. The average Bonchev–Trinajstić information content (AvgIpc) is 2.59. The van der Waals surface area contributed by atoms with Gasteiger partial charge in [-0.2, -0.15) is 0 Å². The molecular weight excluding hydrogens is 282 g/mol. The fourth-order valence-corrected chi connectivity index (χ4v) is 1.73. The molecule has 22 heavy (non-hydrogen) atoms. The van der Waals surface area contributed by atoms with Crippen molar-refractivity contribution in [2.45, 2.75) is 6.92 Å². The molecule has 5 heteroatoms. The summed E-state index contributed by atoms with van der Waals surface area (Å²) >= 11 is 0. The summed E-state index contributed by atoms with van der Waals surface area (Å²) < 4.78 is 5.00. The molecule has 112 valence electrons. The van der Waals surface area contributed by atoms with Gasteiger partial charge in [-0.15, -0.1) is 0 Å². The summed E-state index contributed by atoms with van der Waals surface area (Å²) in [5.74, 6) is -0.290. The van der Waals surface area contributed by atoms with Crippen LogP contribution in [0, 0.1) is 0 Å². The number of Topliss-reactive ketones (excluding diaryl/α,β-unsaturated/α-hetero) is 1. The fourth-order valence-electron chi connectivity index (χ4n) is 1.73. The van der Waals surface area contributed by atoms with Crippen molar-refractivity contribution in [1.29, 1.82) is 0 Å². The minimum Gasteiger partial charge on any atom is -0.497 e. The molecule has 0 saturated carbocycles. The minimum absolute atomic E-state index is 0.105. The molecule has 0 N–H and O–H groups in total. The molecular formula is C17H15NO4. The van der Waals surface area contributed by atoms with E-state index >= 15 is 0 Å². The third kappa shape index (κ3) is 3.79. The number of rotatable bonds is 5. The molecule has 2 aromatic rings. The molecule has 0 aliphatic heterocycles. The second kappa shape index (κ2) is 7.17. The van der Waals surface area contributed by atoms with Gasteiger partial charge < -0.3 is 9.57 Å². The second-order valence-corrected chi connectivity index (χ2v) is 4.48. The van der Waals surface area contributed by atoms with E-state index in [0.717, 1.165) is 0 Å². The molecule has 0 amide bonds. The van der Waals surface area contributed by atoms with Gasteiger partial charge in [-0.25, -0.2) is 4.79 Å². The Hall–Kier alpha value is -2.95. The molecule has 0 aromatic heterocycles. The largest absolute Gasteiger partial charge is 0.497 e. The van der Waals surface area contributed by atoms with Crippen LogP contribution < -0.4 is 4.74 Å². The van der Waals surface area contributed by atoms with Crippen LogP contribution in [0.1, 0.15) is 27.6 Å². The van der Waals surface area contributed by atoms with Crippen molar-refractivity contribution in [3.8, 4) is 5.75 Å². The van der Waals surface area contributed by atoms with Crippen LogP contribution in [-0.4, -0.2) is 24.6 Å². The van der Waals surface area contributed by atoms with Crippen LogP contribution in [0.4, 0.5) is 0 Å². The fraction of sp³-hybridized carbons (Fsp3) is 0.118. The number of ether oxygens (including phenoxy) is 1. The van der Waals surface area contributed by atoms with E-state index in [0.29, 0.717) is 16.9 Å². The van der Waals surface area contributed by atoms with Crippen LogP contribution >= 0.6 is 0 Å². The number of benzene rings is 2. The Bertz CT molecular complexity index is 690. The van der Waals surface area contributed by atoms with E-state index in [1.54, 1.807) is 48.5 Å². The maximum absolute atomic E-state index is 12.0. The molecule has 0 heterocycles. The number of nitrogens with zero attached hydrogens (tertiary/aromatic N) is 1. The van der Waals surface area contributed by atoms with E-state index in [9.17, 15) is 9.59 Å². The van der Waals surface area contributed by atoms with Gasteiger partial charge >= 0.3 is 5.97 Å². The number of methoxy groups -OCH3 is 1. The van der Waals surface area contributed by atoms with Gasteiger partial charge in [0, 0.05) is 5.56 Å². The van der Waals surface area contributed by atoms with Crippen molar-refractivity contribution in [2.24, 2.45) is 5.16 Å². The zero-order chi connectivity index (χ0) is 15.9. The summed E-state index contributed by atoms with van der Waals surface area (Å²) in [4.78, 5) is 28.7. The highest BCUT2D eigenvalue weighted by Crippen LogP contribution is 2.12. The summed E-state index contributed by atoms with van der Waals surface area (Å²) in [6.07, 6.45) is 0. The topological polar surface area (TPSA) is 65.0 Å². The lowest BCUT2D eigenvalue weighted by molar-refractivity contribution is 0.0515. The third-order valence-electron chi connectivity index (χ3n) is 2.96. The quantitative estimate of drug-likeness (QED) is 0.368. The highest BCUT2D eigenvalue weighted by Gasteiger charge is 2.12. The van der Waals surface area contributed by atoms with E-state index in [2.05, 4.69) is 5.16 Å². The van der Waals surface area contributed by atoms with Crippen molar-refractivity contribution >= 4 is 17.5 Å². The number of hydrogen-bond donors (Lipinski definition) is 0. The Kier molecular flexibility index (Phi) is 5.03. The van der Waals surface area contributed by atoms with Crippen LogP contribution in [0.2, 0.25) is 0 Å². The lowest BCUT2D eigenvalue weighted by Crippen LogP contribution is -2.12. The summed E-state index contributed by atoms with van der Waals surface area (Å²) in [5, 5.41) is 3.61. The van der Waals surface area contributed by atoms with Crippen molar-refractivity contribution in [2.75, 3.05) is 7.11 Å². The summed E-state index contributed by atoms with van der Waals surface area (Å²) in [6, 6.07) is 15.1. The van der Waals surface area contributed by atoms with Gasteiger partial charge in [0.15, 0.2) is 0 Å². The second-order valence-electron chi connectivity index (χ2n) is 4.48. The Labute approximate surface area is 128 Å². The van der Waals surface area contributed by atoms with Gasteiger partial charge in [-0.3, -0.25) is 4.79 Å². The molecule has 0 bridgehead atoms.